The second-order valence-corrected chi connectivity index (χ2v) is 9.55. The number of piperidine rings is 1. The van der Waals surface area contributed by atoms with Gasteiger partial charge in [-0.15, -0.1) is 11.3 Å². The number of ether oxygens (including phenoxy) is 1. The maximum absolute atomic E-state index is 14.1. The van der Waals surface area contributed by atoms with Gasteiger partial charge in [0.15, 0.2) is 0 Å². The maximum atomic E-state index is 14.1. The smallest absolute Gasteiger partial charge is 0.259 e. The first-order valence-corrected chi connectivity index (χ1v) is 12.0. The van der Waals surface area contributed by atoms with Crippen molar-refractivity contribution in [2.24, 2.45) is 10.7 Å². The molecule has 2 aliphatic rings. The fourth-order valence-electron chi connectivity index (χ4n) is 4.42. The summed E-state index contributed by atoms with van der Waals surface area (Å²) in [7, 11) is 0. The molecular weight excluding hydrogens is 457 g/mol. The zero-order valence-electron chi connectivity index (χ0n) is 18.8. The van der Waals surface area contributed by atoms with Crippen LogP contribution in [0.4, 0.5) is 15.9 Å². The highest BCUT2D eigenvalue weighted by Gasteiger charge is 2.25. The molecule has 11 heteroatoms. The Balaban J connectivity index is 1.32. The van der Waals surface area contributed by atoms with E-state index in [9.17, 15) is 9.18 Å². The lowest BCUT2D eigenvalue weighted by atomic mass is 10.1. The number of primary amides is 1. The van der Waals surface area contributed by atoms with E-state index >= 15 is 0 Å². The first kappa shape index (κ1) is 22.5. The Morgan fingerprint density at radius 3 is 2.91 bits per heavy atom. The highest BCUT2D eigenvalue weighted by Crippen LogP contribution is 2.37. The summed E-state index contributed by atoms with van der Waals surface area (Å²) in [5.41, 5.74) is 6.82. The molecule has 0 bridgehead atoms. The number of aromatic nitrogens is 2. The van der Waals surface area contributed by atoms with Crippen molar-refractivity contribution < 1.29 is 13.9 Å². The molecule has 178 valence electrons. The zero-order valence-corrected chi connectivity index (χ0v) is 19.6. The number of halogens is 1. The molecule has 1 amide bonds. The Bertz CT molecular complexity index is 1240. The first-order valence-electron chi connectivity index (χ1n) is 11.2. The molecule has 0 aliphatic carbocycles. The number of carbonyl (C=O) groups excluding carboxylic acids is 1. The van der Waals surface area contributed by atoms with Gasteiger partial charge in [-0.25, -0.2) is 14.4 Å². The maximum Gasteiger partial charge on any atom is 0.259 e. The van der Waals surface area contributed by atoms with E-state index in [1.807, 2.05) is 6.92 Å². The predicted octanol–water partition coefficient (Wildman–Crippen LogP) is 2.82. The Morgan fingerprint density at radius 2 is 2.18 bits per heavy atom. The van der Waals surface area contributed by atoms with Gasteiger partial charge in [0.25, 0.3) is 5.91 Å². The van der Waals surface area contributed by atoms with Gasteiger partial charge in [0, 0.05) is 32.2 Å². The van der Waals surface area contributed by atoms with Crippen LogP contribution in [0.15, 0.2) is 29.5 Å². The van der Waals surface area contributed by atoms with E-state index in [2.05, 4.69) is 30.5 Å². The molecule has 9 nitrogen and oxygen atoms in total. The lowest BCUT2D eigenvalue weighted by Crippen LogP contribution is -2.42. The van der Waals surface area contributed by atoms with E-state index in [0.717, 1.165) is 39.0 Å². The van der Waals surface area contributed by atoms with Gasteiger partial charge < -0.3 is 26.0 Å². The third-order valence-electron chi connectivity index (χ3n) is 6.17. The SMILES string of the molecule is Cc1c(C(N)=O)sc2ncnc(Nc3ccc(F)cc3OC3CCN(CC4CNC=N4)CC3)c12. The number of fused-ring (bicyclic) bond motifs is 1. The summed E-state index contributed by atoms with van der Waals surface area (Å²) < 4.78 is 20.4. The first-order chi connectivity index (χ1) is 16.5. The third-order valence-corrected chi connectivity index (χ3v) is 7.39. The normalized spacial score (nSPS) is 18.8. The van der Waals surface area contributed by atoms with E-state index in [0.29, 0.717) is 44.0 Å². The second-order valence-electron chi connectivity index (χ2n) is 8.55. The molecule has 1 fully saturated rings. The molecule has 1 unspecified atom stereocenters. The van der Waals surface area contributed by atoms with E-state index < -0.39 is 5.91 Å². The van der Waals surface area contributed by atoms with E-state index in [1.165, 1.54) is 29.8 Å². The number of hydrogen-bond acceptors (Lipinski definition) is 9. The monoisotopic (exact) mass is 483 g/mol. The Kier molecular flexibility index (Phi) is 6.29. The minimum atomic E-state index is -0.500. The number of rotatable bonds is 7. The number of likely N-dealkylation sites (tertiary alicyclic amines) is 1. The topological polar surface area (TPSA) is 118 Å². The van der Waals surface area contributed by atoms with Gasteiger partial charge in [0.2, 0.25) is 0 Å². The summed E-state index contributed by atoms with van der Waals surface area (Å²) in [6.07, 6.45) is 4.89. The Labute approximate surface area is 200 Å². The summed E-state index contributed by atoms with van der Waals surface area (Å²) in [5, 5.41) is 7.12. The molecule has 1 saturated heterocycles. The van der Waals surface area contributed by atoms with Crippen LogP contribution in [-0.4, -0.2) is 65.4 Å². The van der Waals surface area contributed by atoms with Crippen molar-refractivity contribution >= 4 is 45.3 Å². The average molecular weight is 484 g/mol. The van der Waals surface area contributed by atoms with Crippen LogP contribution in [0.2, 0.25) is 0 Å². The molecule has 34 heavy (non-hydrogen) atoms. The van der Waals surface area contributed by atoms with Crippen molar-refractivity contribution in [1.82, 2.24) is 20.2 Å². The van der Waals surface area contributed by atoms with Gasteiger partial charge in [0.05, 0.1) is 28.3 Å². The van der Waals surface area contributed by atoms with E-state index in [-0.39, 0.29) is 11.9 Å². The number of benzene rings is 1. The molecule has 4 N–H and O–H groups in total. The fraction of sp³-hybridized carbons (Fsp3) is 0.391. The second kappa shape index (κ2) is 9.51. The molecule has 0 radical (unpaired) electrons. The number of aryl methyl sites for hydroxylation is 1. The molecular formula is C23H26FN7O2S. The Hall–Kier alpha value is -3.31. The van der Waals surface area contributed by atoms with Crippen LogP contribution in [-0.2, 0) is 0 Å². The van der Waals surface area contributed by atoms with Gasteiger partial charge in [-0.2, -0.15) is 0 Å². The fourth-order valence-corrected chi connectivity index (χ4v) is 5.43. The summed E-state index contributed by atoms with van der Waals surface area (Å²) in [4.78, 5) is 28.3. The highest BCUT2D eigenvalue weighted by atomic mass is 32.1. The lowest BCUT2D eigenvalue weighted by Gasteiger charge is -2.33. The number of aliphatic imine (C=N–C) groups is 1. The van der Waals surface area contributed by atoms with Gasteiger partial charge in [-0.1, -0.05) is 0 Å². The van der Waals surface area contributed by atoms with E-state index in [4.69, 9.17) is 10.5 Å². The van der Waals surface area contributed by atoms with Crippen LogP contribution in [0.1, 0.15) is 28.1 Å². The number of amides is 1. The number of hydrogen-bond donors (Lipinski definition) is 3. The Morgan fingerprint density at radius 1 is 1.35 bits per heavy atom. The van der Waals surface area contributed by atoms with Crippen LogP contribution in [0, 0.1) is 12.7 Å². The molecule has 0 saturated carbocycles. The van der Waals surface area contributed by atoms with Crippen LogP contribution in [0.5, 0.6) is 5.75 Å². The molecule has 2 aromatic heterocycles. The number of nitrogens with two attached hydrogens (primary N) is 1. The highest BCUT2D eigenvalue weighted by molar-refractivity contribution is 7.20. The molecule has 1 atom stereocenters. The van der Waals surface area contributed by atoms with Crippen LogP contribution in [0.25, 0.3) is 10.2 Å². The minimum Gasteiger partial charge on any atom is -0.488 e. The number of nitrogens with one attached hydrogen (secondary N) is 2. The summed E-state index contributed by atoms with van der Waals surface area (Å²) in [6.45, 7) is 5.45. The summed E-state index contributed by atoms with van der Waals surface area (Å²) in [5.74, 6) is 0.0702. The zero-order chi connectivity index (χ0) is 23.7. The van der Waals surface area contributed by atoms with Crippen molar-refractivity contribution in [3.63, 3.8) is 0 Å². The van der Waals surface area contributed by atoms with Crippen molar-refractivity contribution in [3.8, 4) is 5.75 Å². The van der Waals surface area contributed by atoms with Gasteiger partial charge in [-0.3, -0.25) is 9.79 Å². The quantitative estimate of drug-likeness (QED) is 0.473. The van der Waals surface area contributed by atoms with E-state index in [1.54, 1.807) is 12.4 Å². The van der Waals surface area contributed by atoms with Crippen molar-refractivity contribution in [3.05, 3.63) is 40.8 Å². The number of anilines is 2. The molecule has 0 spiro atoms. The lowest BCUT2D eigenvalue weighted by molar-refractivity contribution is 0.0982. The average Bonchev–Trinajstić information content (AvgIpc) is 3.45. The van der Waals surface area contributed by atoms with Crippen molar-refractivity contribution in [2.45, 2.75) is 31.9 Å². The van der Waals surface area contributed by atoms with Gasteiger partial charge in [-0.05, 0) is 37.5 Å². The largest absolute Gasteiger partial charge is 0.488 e. The number of thiophene rings is 1. The molecule has 5 rings (SSSR count). The minimum absolute atomic E-state index is 0.0152. The molecule has 3 aromatic rings. The molecule has 4 heterocycles. The summed E-state index contributed by atoms with van der Waals surface area (Å²) in [6, 6.07) is 4.70. The van der Waals surface area contributed by atoms with Crippen LogP contribution in [0.3, 0.4) is 0 Å². The third kappa shape index (κ3) is 4.66. The molecule has 2 aliphatic heterocycles. The van der Waals surface area contributed by atoms with Gasteiger partial charge >= 0.3 is 0 Å². The standard InChI is InChI=1S/C23H26FN7O2S/c1-13-19-22(28-12-29-23(19)34-20(13)21(25)32)30-17-3-2-14(24)8-18(17)33-16-4-6-31(7-5-16)10-15-9-26-11-27-15/h2-3,8,11-12,15-16H,4-7,9-10H2,1H3,(H2,25,32)(H,26,27)(H,28,29,30). The van der Waals surface area contributed by atoms with Crippen molar-refractivity contribution in [1.29, 1.82) is 0 Å². The van der Waals surface area contributed by atoms with Crippen LogP contribution >= 0.6 is 11.3 Å². The number of nitrogens with zero attached hydrogens (tertiary/aromatic N) is 4. The van der Waals surface area contributed by atoms with Gasteiger partial charge in [0.1, 0.15) is 34.6 Å². The van der Waals surface area contributed by atoms with Crippen LogP contribution < -0.4 is 21.1 Å². The van der Waals surface area contributed by atoms with Crippen molar-refractivity contribution in [2.75, 3.05) is 31.5 Å². The summed E-state index contributed by atoms with van der Waals surface area (Å²) >= 11 is 1.23. The number of carbonyl (C=O) groups is 1. The predicted molar refractivity (Wildman–Crippen MR) is 131 cm³/mol. The molecule has 1 aromatic carbocycles.